The van der Waals surface area contributed by atoms with Crippen molar-refractivity contribution >= 4 is 5.78 Å². The molecule has 0 saturated heterocycles. The molecule has 0 aliphatic rings. The monoisotopic (exact) mass is 163 g/mol. The number of ketones is 1. The van der Waals surface area contributed by atoms with Gasteiger partial charge in [-0.3, -0.25) is 4.79 Å². The lowest BCUT2D eigenvalue weighted by molar-refractivity contribution is -0.110. The summed E-state index contributed by atoms with van der Waals surface area (Å²) in [5, 5.41) is 0. The van der Waals surface area contributed by atoms with E-state index in [0.717, 1.165) is 0 Å². The molecule has 1 aromatic heterocycles. The molecule has 12 heavy (non-hydrogen) atoms. The maximum atomic E-state index is 9.94. The molecule has 0 N–H and O–H groups in total. The molecule has 0 aromatic carbocycles. The van der Waals surface area contributed by atoms with Crippen molar-refractivity contribution in [1.82, 2.24) is 4.57 Å². The fourth-order valence-electron chi connectivity index (χ4n) is 0.504. The summed E-state index contributed by atoms with van der Waals surface area (Å²) in [7, 11) is 2.00. The lowest BCUT2D eigenvalue weighted by Crippen LogP contribution is -1.78. The van der Waals surface area contributed by atoms with E-state index < -0.39 is 0 Å². The van der Waals surface area contributed by atoms with Gasteiger partial charge >= 0.3 is 0 Å². The molecule has 1 aromatic rings. The summed E-state index contributed by atoms with van der Waals surface area (Å²) in [6.45, 7) is 6.42. The third kappa shape index (κ3) is 5.23. The van der Waals surface area contributed by atoms with Crippen LogP contribution in [-0.4, -0.2) is 10.4 Å². The molecule has 1 rings (SSSR count). The van der Waals surface area contributed by atoms with Gasteiger partial charge in [0.1, 0.15) is 0 Å². The zero-order valence-corrected chi connectivity index (χ0v) is 7.23. The molecular weight excluding hydrogens is 150 g/mol. The van der Waals surface area contributed by atoms with Gasteiger partial charge in [-0.25, -0.2) is 0 Å². The lowest BCUT2D eigenvalue weighted by Gasteiger charge is -1.79. The third-order valence-corrected chi connectivity index (χ3v) is 1.16. The highest BCUT2D eigenvalue weighted by Crippen LogP contribution is 1.80. The second-order valence-electron chi connectivity index (χ2n) is 2.16. The van der Waals surface area contributed by atoms with Crippen LogP contribution in [0.1, 0.15) is 0 Å². The second kappa shape index (κ2) is 6.16. The summed E-state index contributed by atoms with van der Waals surface area (Å²) >= 11 is 0. The van der Waals surface area contributed by atoms with Gasteiger partial charge in [0, 0.05) is 19.4 Å². The summed E-state index contributed by atoms with van der Waals surface area (Å²) in [5.74, 6) is -0.130. The van der Waals surface area contributed by atoms with Crippen molar-refractivity contribution in [2.75, 3.05) is 0 Å². The topological polar surface area (TPSA) is 22.0 Å². The Hall–Kier alpha value is -1.57. The molecule has 64 valence electrons. The van der Waals surface area contributed by atoms with Crippen molar-refractivity contribution in [3.8, 4) is 0 Å². The number of hydrogen-bond acceptors (Lipinski definition) is 1. The fraction of sp³-hybridized carbons (Fsp3) is 0.100. The Morgan fingerprint density at radius 2 is 1.67 bits per heavy atom. The van der Waals surface area contributed by atoms with Crippen LogP contribution in [-0.2, 0) is 11.8 Å². The average molecular weight is 163 g/mol. The van der Waals surface area contributed by atoms with E-state index in [1.807, 2.05) is 36.1 Å². The Kier molecular flexibility index (Phi) is 5.35. The first-order valence-corrected chi connectivity index (χ1v) is 3.56. The summed E-state index contributed by atoms with van der Waals surface area (Å²) in [6.07, 6.45) is 6.43. The van der Waals surface area contributed by atoms with Crippen LogP contribution < -0.4 is 0 Å². The molecule has 0 fully saturated rings. The van der Waals surface area contributed by atoms with Crippen molar-refractivity contribution in [3.63, 3.8) is 0 Å². The number of carbonyl (C=O) groups excluding carboxylic acids is 1. The second-order valence-corrected chi connectivity index (χ2v) is 2.16. The van der Waals surface area contributed by atoms with Crippen LogP contribution in [0, 0.1) is 0 Å². The third-order valence-electron chi connectivity index (χ3n) is 1.16. The smallest absolute Gasteiger partial charge is 0.177 e. The number of nitrogens with zero attached hydrogens (tertiary/aromatic N) is 1. The van der Waals surface area contributed by atoms with E-state index in [2.05, 4.69) is 13.2 Å². The highest BCUT2D eigenvalue weighted by atomic mass is 16.1. The minimum atomic E-state index is -0.130. The molecule has 0 amide bonds. The van der Waals surface area contributed by atoms with Gasteiger partial charge in [-0.1, -0.05) is 13.2 Å². The van der Waals surface area contributed by atoms with Gasteiger partial charge in [0.25, 0.3) is 0 Å². The quantitative estimate of drug-likeness (QED) is 0.611. The normalized spacial score (nSPS) is 7.75. The number of rotatable bonds is 2. The van der Waals surface area contributed by atoms with Gasteiger partial charge in [0.2, 0.25) is 0 Å². The molecular formula is C10H13NO. The predicted molar refractivity (Wildman–Crippen MR) is 50.8 cm³/mol. The van der Waals surface area contributed by atoms with Crippen LogP contribution in [0.4, 0.5) is 0 Å². The van der Waals surface area contributed by atoms with E-state index in [1.165, 1.54) is 12.2 Å². The molecule has 0 aliphatic carbocycles. The fourth-order valence-corrected chi connectivity index (χ4v) is 0.504. The highest BCUT2D eigenvalue weighted by Gasteiger charge is 1.75. The molecule has 2 nitrogen and oxygen atoms in total. The molecule has 2 heteroatoms. The zero-order chi connectivity index (χ0) is 9.40. The van der Waals surface area contributed by atoms with Crippen LogP contribution in [0.3, 0.4) is 0 Å². The Morgan fingerprint density at radius 1 is 1.25 bits per heavy atom. The average Bonchev–Trinajstić information content (AvgIpc) is 2.55. The Labute approximate surface area is 72.8 Å². The van der Waals surface area contributed by atoms with Crippen LogP contribution >= 0.6 is 0 Å². The van der Waals surface area contributed by atoms with Gasteiger partial charge in [-0.15, -0.1) is 0 Å². The minimum absolute atomic E-state index is 0.130. The molecule has 0 unspecified atom stereocenters. The standard InChI is InChI=1S/C5H7N.C5H6O/c1-6-4-2-3-5-6;1-3-5(6)4-2/h2-5H,1H3;3-4H,1-2H2. The van der Waals surface area contributed by atoms with E-state index in [-0.39, 0.29) is 5.78 Å². The molecule has 0 saturated carbocycles. The highest BCUT2D eigenvalue weighted by molar-refractivity contribution is 5.98. The van der Waals surface area contributed by atoms with Crippen molar-refractivity contribution in [3.05, 3.63) is 49.8 Å². The SMILES string of the molecule is C=CC(=O)C=C.Cn1cccc1. The molecule has 0 aliphatic heterocycles. The minimum Gasteiger partial charge on any atom is -0.357 e. The van der Waals surface area contributed by atoms with Gasteiger partial charge in [0.05, 0.1) is 0 Å². The largest absolute Gasteiger partial charge is 0.357 e. The molecule has 0 spiro atoms. The molecule has 0 bridgehead atoms. The van der Waals surface area contributed by atoms with Crippen LogP contribution in [0.2, 0.25) is 0 Å². The van der Waals surface area contributed by atoms with E-state index in [9.17, 15) is 4.79 Å². The maximum Gasteiger partial charge on any atom is 0.177 e. The summed E-state index contributed by atoms with van der Waals surface area (Å²) in [6, 6.07) is 4.00. The zero-order valence-electron chi connectivity index (χ0n) is 7.23. The first kappa shape index (κ1) is 10.4. The number of hydrogen-bond donors (Lipinski definition) is 0. The van der Waals surface area contributed by atoms with Crippen LogP contribution in [0.15, 0.2) is 49.8 Å². The Morgan fingerprint density at radius 3 is 1.75 bits per heavy atom. The first-order valence-electron chi connectivity index (χ1n) is 3.56. The van der Waals surface area contributed by atoms with Crippen molar-refractivity contribution in [2.24, 2.45) is 7.05 Å². The van der Waals surface area contributed by atoms with Gasteiger partial charge in [-0.05, 0) is 24.3 Å². The van der Waals surface area contributed by atoms with E-state index in [4.69, 9.17) is 0 Å². The number of aromatic nitrogens is 1. The predicted octanol–water partition coefficient (Wildman–Crippen LogP) is 1.95. The lowest BCUT2D eigenvalue weighted by atomic mass is 10.4. The first-order chi connectivity index (χ1) is 5.70. The molecule has 0 atom stereocenters. The number of allylic oxidation sites excluding steroid dienone is 2. The van der Waals surface area contributed by atoms with E-state index in [0.29, 0.717) is 0 Å². The van der Waals surface area contributed by atoms with Gasteiger partial charge < -0.3 is 4.57 Å². The van der Waals surface area contributed by atoms with Crippen molar-refractivity contribution < 1.29 is 4.79 Å². The Balaban J connectivity index is 0.000000202. The van der Waals surface area contributed by atoms with Crippen LogP contribution in [0.5, 0.6) is 0 Å². The van der Waals surface area contributed by atoms with Gasteiger partial charge in [0.15, 0.2) is 5.78 Å². The molecule has 0 radical (unpaired) electrons. The Bertz CT molecular complexity index is 237. The summed E-state index contributed by atoms with van der Waals surface area (Å²) in [4.78, 5) is 9.94. The van der Waals surface area contributed by atoms with Crippen molar-refractivity contribution in [1.29, 1.82) is 0 Å². The summed E-state index contributed by atoms with van der Waals surface area (Å²) in [5.41, 5.74) is 0. The number of carbonyl (C=O) groups is 1. The van der Waals surface area contributed by atoms with E-state index >= 15 is 0 Å². The summed E-state index contributed by atoms with van der Waals surface area (Å²) < 4.78 is 2.00. The van der Waals surface area contributed by atoms with Crippen molar-refractivity contribution in [2.45, 2.75) is 0 Å². The molecule has 1 heterocycles. The van der Waals surface area contributed by atoms with E-state index in [1.54, 1.807) is 0 Å². The van der Waals surface area contributed by atoms with Crippen LogP contribution in [0.25, 0.3) is 0 Å². The maximum absolute atomic E-state index is 9.94. The van der Waals surface area contributed by atoms with Gasteiger partial charge in [-0.2, -0.15) is 0 Å². The number of aryl methyl sites for hydroxylation is 1.